The van der Waals surface area contributed by atoms with Crippen molar-refractivity contribution in [3.63, 3.8) is 0 Å². The number of hydrogen-bond acceptors (Lipinski definition) is 6. The second-order valence-electron chi connectivity index (χ2n) is 5.16. The van der Waals surface area contributed by atoms with Crippen LogP contribution < -0.4 is 16.4 Å². The van der Waals surface area contributed by atoms with E-state index >= 15 is 0 Å². The van der Waals surface area contributed by atoms with Gasteiger partial charge in [0, 0.05) is 5.69 Å². The number of aromatic nitrogens is 4. The molecule has 3 aromatic heterocycles. The summed E-state index contributed by atoms with van der Waals surface area (Å²) in [5, 5.41) is 13.2. The van der Waals surface area contributed by atoms with Crippen LogP contribution in [-0.2, 0) is 0 Å². The number of hydrogen-bond donors (Lipinski definition) is 3. The minimum atomic E-state index is -0.291. The SMILES string of the molecule is Nc1ncnc2c1cnn2-c1ccc(NC(=O)Nc2cccs2)cc1. The quantitative estimate of drug-likeness (QED) is 0.525. The highest BCUT2D eigenvalue weighted by Gasteiger charge is 2.09. The van der Waals surface area contributed by atoms with Crippen molar-refractivity contribution in [1.82, 2.24) is 19.7 Å². The Morgan fingerprint density at radius 3 is 2.72 bits per heavy atom. The molecule has 0 saturated carbocycles. The Hall–Kier alpha value is -3.46. The number of fused-ring (bicyclic) bond motifs is 1. The van der Waals surface area contributed by atoms with Crippen molar-refractivity contribution in [2.45, 2.75) is 0 Å². The highest BCUT2D eigenvalue weighted by molar-refractivity contribution is 7.14. The van der Waals surface area contributed by atoms with Gasteiger partial charge in [-0.1, -0.05) is 0 Å². The molecule has 0 unspecified atom stereocenters. The first-order valence-corrected chi connectivity index (χ1v) is 8.25. The lowest BCUT2D eigenvalue weighted by atomic mass is 10.3. The molecule has 0 radical (unpaired) electrons. The average Bonchev–Trinajstić information content (AvgIpc) is 3.26. The number of carbonyl (C=O) groups excluding carboxylic acids is 1. The van der Waals surface area contributed by atoms with E-state index in [1.165, 1.54) is 17.7 Å². The number of nitrogens with zero attached hydrogens (tertiary/aromatic N) is 4. The smallest absolute Gasteiger partial charge is 0.324 e. The summed E-state index contributed by atoms with van der Waals surface area (Å²) in [7, 11) is 0. The van der Waals surface area contributed by atoms with Gasteiger partial charge in [0.15, 0.2) is 5.65 Å². The highest BCUT2D eigenvalue weighted by atomic mass is 32.1. The molecule has 8 nitrogen and oxygen atoms in total. The predicted molar refractivity (Wildman–Crippen MR) is 98.0 cm³/mol. The summed E-state index contributed by atoms with van der Waals surface area (Å²) in [4.78, 5) is 20.1. The number of thiophene rings is 1. The van der Waals surface area contributed by atoms with Gasteiger partial charge in [0.25, 0.3) is 0 Å². The molecule has 1 aromatic carbocycles. The first-order chi connectivity index (χ1) is 12.2. The molecule has 3 heterocycles. The standard InChI is InChI=1S/C16H13N7OS/c17-14-12-8-20-23(15(12)19-9-18-14)11-5-3-10(4-6-11)21-16(24)22-13-2-1-7-25-13/h1-9H,(H2,17,18,19)(H2,21,22,24). The fourth-order valence-electron chi connectivity index (χ4n) is 2.36. The van der Waals surface area contributed by atoms with E-state index in [4.69, 9.17) is 5.73 Å². The molecular formula is C16H13N7OS. The lowest BCUT2D eigenvalue weighted by molar-refractivity contribution is 0.262. The third-order valence-electron chi connectivity index (χ3n) is 3.52. The fourth-order valence-corrected chi connectivity index (χ4v) is 2.97. The van der Waals surface area contributed by atoms with Gasteiger partial charge < -0.3 is 11.1 Å². The molecule has 0 fully saturated rings. The van der Waals surface area contributed by atoms with E-state index in [-0.39, 0.29) is 6.03 Å². The lowest BCUT2D eigenvalue weighted by Crippen LogP contribution is -2.18. The molecule has 0 aliphatic rings. The van der Waals surface area contributed by atoms with Gasteiger partial charge >= 0.3 is 6.03 Å². The van der Waals surface area contributed by atoms with E-state index in [0.29, 0.717) is 22.5 Å². The van der Waals surface area contributed by atoms with Crippen molar-refractivity contribution in [3.05, 3.63) is 54.3 Å². The minimum Gasteiger partial charge on any atom is -0.383 e. The number of urea groups is 1. The van der Waals surface area contributed by atoms with Gasteiger partial charge in [0.05, 0.1) is 22.3 Å². The topological polar surface area (TPSA) is 111 Å². The maximum atomic E-state index is 11.9. The van der Waals surface area contributed by atoms with Crippen molar-refractivity contribution >= 4 is 44.9 Å². The predicted octanol–water partition coefficient (Wildman–Crippen LogP) is 3.10. The van der Waals surface area contributed by atoms with Crippen LogP contribution in [0.5, 0.6) is 0 Å². The molecule has 0 atom stereocenters. The fraction of sp³-hybridized carbons (Fsp3) is 0. The Bertz CT molecular complexity index is 1020. The zero-order valence-corrected chi connectivity index (χ0v) is 13.7. The van der Waals surface area contributed by atoms with Crippen LogP contribution in [0.25, 0.3) is 16.7 Å². The first kappa shape index (κ1) is 15.1. The summed E-state index contributed by atoms with van der Waals surface area (Å²) in [6.45, 7) is 0. The lowest BCUT2D eigenvalue weighted by Gasteiger charge is -2.07. The van der Waals surface area contributed by atoms with Gasteiger partial charge in [-0.15, -0.1) is 11.3 Å². The van der Waals surface area contributed by atoms with Crippen molar-refractivity contribution in [2.24, 2.45) is 0 Å². The van der Waals surface area contributed by atoms with Gasteiger partial charge in [-0.2, -0.15) is 5.10 Å². The number of benzene rings is 1. The van der Waals surface area contributed by atoms with Crippen LogP contribution >= 0.6 is 11.3 Å². The van der Waals surface area contributed by atoms with Crippen LogP contribution in [0, 0.1) is 0 Å². The van der Waals surface area contributed by atoms with Crippen molar-refractivity contribution in [3.8, 4) is 5.69 Å². The largest absolute Gasteiger partial charge is 0.383 e. The number of anilines is 3. The first-order valence-electron chi connectivity index (χ1n) is 7.37. The normalized spacial score (nSPS) is 10.7. The summed E-state index contributed by atoms with van der Waals surface area (Å²) in [6.07, 6.45) is 3.03. The molecule has 9 heteroatoms. The number of carbonyl (C=O) groups is 1. The van der Waals surface area contributed by atoms with Gasteiger partial charge in [-0.05, 0) is 41.8 Å². The van der Waals surface area contributed by atoms with Crippen molar-refractivity contribution < 1.29 is 4.79 Å². The van der Waals surface area contributed by atoms with Gasteiger partial charge in [-0.3, -0.25) is 5.32 Å². The number of amides is 2. The molecular weight excluding hydrogens is 338 g/mol. The monoisotopic (exact) mass is 351 g/mol. The molecule has 0 saturated heterocycles. The maximum absolute atomic E-state index is 11.9. The van der Waals surface area contributed by atoms with Crippen LogP contribution in [0.4, 0.5) is 21.3 Å². The van der Waals surface area contributed by atoms with Gasteiger partial charge in [0.2, 0.25) is 0 Å². The Kier molecular flexibility index (Phi) is 3.75. The zero-order valence-electron chi connectivity index (χ0n) is 12.9. The van der Waals surface area contributed by atoms with Crippen LogP contribution in [0.3, 0.4) is 0 Å². The maximum Gasteiger partial charge on any atom is 0.324 e. The minimum absolute atomic E-state index is 0.291. The molecule has 0 aliphatic carbocycles. The van der Waals surface area contributed by atoms with E-state index in [0.717, 1.165) is 10.7 Å². The highest BCUT2D eigenvalue weighted by Crippen LogP contribution is 2.21. The van der Waals surface area contributed by atoms with Crippen molar-refractivity contribution in [1.29, 1.82) is 0 Å². The molecule has 25 heavy (non-hydrogen) atoms. The summed E-state index contributed by atoms with van der Waals surface area (Å²) >= 11 is 1.46. The van der Waals surface area contributed by atoms with Crippen molar-refractivity contribution in [2.75, 3.05) is 16.4 Å². The van der Waals surface area contributed by atoms with Crippen LogP contribution in [-0.4, -0.2) is 25.8 Å². The van der Waals surface area contributed by atoms with E-state index in [9.17, 15) is 4.79 Å². The number of rotatable bonds is 3. The third kappa shape index (κ3) is 3.00. The van der Waals surface area contributed by atoms with E-state index in [1.807, 2.05) is 29.6 Å². The van der Waals surface area contributed by atoms with Crippen LogP contribution in [0.1, 0.15) is 0 Å². The van der Waals surface area contributed by atoms with E-state index in [1.54, 1.807) is 23.0 Å². The second-order valence-corrected chi connectivity index (χ2v) is 6.10. The Morgan fingerprint density at radius 2 is 1.96 bits per heavy atom. The van der Waals surface area contributed by atoms with E-state index < -0.39 is 0 Å². The molecule has 0 bridgehead atoms. The summed E-state index contributed by atoms with van der Waals surface area (Å²) in [5.41, 5.74) is 7.93. The summed E-state index contributed by atoms with van der Waals surface area (Å²) in [6, 6.07) is 10.7. The number of nitrogens with one attached hydrogen (secondary N) is 2. The van der Waals surface area contributed by atoms with Gasteiger partial charge in [-0.25, -0.2) is 19.4 Å². The Morgan fingerprint density at radius 1 is 1.12 bits per heavy atom. The summed E-state index contributed by atoms with van der Waals surface area (Å²) < 4.78 is 1.67. The molecule has 4 N–H and O–H groups in total. The zero-order chi connectivity index (χ0) is 17.2. The molecule has 0 spiro atoms. The van der Waals surface area contributed by atoms with Crippen LogP contribution in [0.15, 0.2) is 54.3 Å². The summed E-state index contributed by atoms with van der Waals surface area (Å²) in [5.74, 6) is 0.389. The molecule has 124 valence electrons. The number of nitrogens with two attached hydrogens (primary N) is 1. The van der Waals surface area contributed by atoms with Crippen LogP contribution in [0.2, 0.25) is 0 Å². The molecule has 2 amide bonds. The number of nitrogen functional groups attached to an aromatic ring is 1. The van der Waals surface area contributed by atoms with E-state index in [2.05, 4.69) is 25.7 Å². The second kappa shape index (κ2) is 6.21. The Labute approximate surface area is 146 Å². The molecule has 0 aliphatic heterocycles. The Balaban J connectivity index is 1.53. The average molecular weight is 351 g/mol. The molecule has 4 rings (SSSR count). The van der Waals surface area contributed by atoms with Gasteiger partial charge in [0.1, 0.15) is 12.1 Å². The molecule has 4 aromatic rings. The third-order valence-corrected chi connectivity index (χ3v) is 4.31.